The Labute approximate surface area is 147 Å². The Morgan fingerprint density at radius 3 is 2.72 bits per heavy atom. The monoisotopic (exact) mass is 337 g/mol. The second kappa shape index (κ2) is 7.75. The molecular weight excluding hydrogens is 314 g/mol. The molecule has 0 saturated carbocycles. The zero-order valence-electron chi connectivity index (χ0n) is 14.5. The predicted octanol–water partition coefficient (Wildman–Crippen LogP) is 4.84. The first-order valence-electron chi connectivity index (χ1n) is 8.53. The highest BCUT2D eigenvalue weighted by atomic mass is 16.5. The van der Waals surface area contributed by atoms with Crippen LogP contribution in [0.3, 0.4) is 0 Å². The lowest BCUT2D eigenvalue weighted by Gasteiger charge is -2.16. The number of rotatable bonds is 6. The van der Waals surface area contributed by atoms with E-state index in [4.69, 9.17) is 4.74 Å². The van der Waals surface area contributed by atoms with E-state index in [0.717, 1.165) is 34.3 Å². The molecule has 3 aromatic rings. The van der Waals surface area contributed by atoms with Crippen LogP contribution in [0.2, 0.25) is 0 Å². The average Bonchev–Trinajstić information content (AvgIpc) is 3.10. The van der Waals surface area contributed by atoms with Gasteiger partial charge in [-0.15, -0.1) is 0 Å². The highest BCUT2D eigenvalue weighted by Gasteiger charge is 2.11. The number of carbonyl (C=O) groups excluding carboxylic acids is 1. The maximum absolute atomic E-state index is 12.3. The van der Waals surface area contributed by atoms with Crippen LogP contribution in [0.4, 0.5) is 10.5 Å². The minimum atomic E-state index is -0.235. The summed E-state index contributed by atoms with van der Waals surface area (Å²) in [5.74, 6) is 0.848. The van der Waals surface area contributed by atoms with E-state index in [1.54, 1.807) is 0 Å². The summed E-state index contributed by atoms with van der Waals surface area (Å²) in [4.78, 5) is 15.5. The van der Waals surface area contributed by atoms with Crippen LogP contribution < -0.4 is 15.4 Å². The van der Waals surface area contributed by atoms with Crippen molar-refractivity contribution in [3.8, 4) is 5.75 Å². The fourth-order valence-corrected chi connectivity index (χ4v) is 2.70. The molecule has 1 unspecified atom stereocenters. The summed E-state index contributed by atoms with van der Waals surface area (Å²) in [5, 5.41) is 6.93. The molecule has 0 aliphatic carbocycles. The fraction of sp³-hybridized carbons (Fsp3) is 0.250. The molecule has 0 radical (unpaired) electrons. The molecule has 0 fully saturated rings. The number of urea groups is 1. The Morgan fingerprint density at radius 1 is 1.16 bits per heavy atom. The second-order valence-corrected chi connectivity index (χ2v) is 5.99. The van der Waals surface area contributed by atoms with Crippen LogP contribution >= 0.6 is 0 Å². The summed E-state index contributed by atoms with van der Waals surface area (Å²) < 4.78 is 5.58. The molecule has 1 aromatic heterocycles. The van der Waals surface area contributed by atoms with E-state index in [9.17, 15) is 4.79 Å². The number of ether oxygens (including phenoxy) is 1. The first-order chi connectivity index (χ1) is 12.2. The lowest BCUT2D eigenvalue weighted by atomic mass is 10.1. The van der Waals surface area contributed by atoms with Crippen LogP contribution in [-0.4, -0.2) is 17.6 Å². The number of para-hydroxylation sites is 1. The number of fused-ring (bicyclic) bond motifs is 1. The maximum Gasteiger partial charge on any atom is 0.319 e. The van der Waals surface area contributed by atoms with Crippen LogP contribution in [-0.2, 0) is 0 Å². The molecule has 1 atom stereocenters. The summed E-state index contributed by atoms with van der Waals surface area (Å²) in [7, 11) is 0. The van der Waals surface area contributed by atoms with Gasteiger partial charge in [0.25, 0.3) is 0 Å². The third-order valence-electron chi connectivity index (χ3n) is 4.04. The Kier molecular flexibility index (Phi) is 5.23. The van der Waals surface area contributed by atoms with Gasteiger partial charge in [0.2, 0.25) is 0 Å². The van der Waals surface area contributed by atoms with Gasteiger partial charge in [0, 0.05) is 11.6 Å². The van der Waals surface area contributed by atoms with Gasteiger partial charge in [-0.1, -0.05) is 31.2 Å². The van der Waals surface area contributed by atoms with Gasteiger partial charge in [-0.05, 0) is 43.2 Å². The SMILES string of the molecule is CCCOc1ccc(C(C)NC(=O)Nc2cccc3cc[nH]c23)cc1. The van der Waals surface area contributed by atoms with E-state index in [1.807, 2.05) is 61.7 Å². The largest absolute Gasteiger partial charge is 0.494 e. The summed E-state index contributed by atoms with van der Waals surface area (Å²) >= 11 is 0. The van der Waals surface area contributed by atoms with Crippen LogP contribution in [0.15, 0.2) is 54.7 Å². The fourth-order valence-electron chi connectivity index (χ4n) is 2.70. The van der Waals surface area contributed by atoms with Crippen molar-refractivity contribution < 1.29 is 9.53 Å². The number of benzene rings is 2. The van der Waals surface area contributed by atoms with Gasteiger partial charge in [-0.2, -0.15) is 0 Å². The molecule has 0 aliphatic rings. The van der Waals surface area contributed by atoms with Gasteiger partial charge < -0.3 is 20.4 Å². The normalized spacial score (nSPS) is 11.9. The van der Waals surface area contributed by atoms with E-state index < -0.39 is 0 Å². The summed E-state index contributed by atoms with van der Waals surface area (Å²) in [5.41, 5.74) is 2.70. The number of aromatic amines is 1. The minimum Gasteiger partial charge on any atom is -0.494 e. The van der Waals surface area contributed by atoms with E-state index >= 15 is 0 Å². The Morgan fingerprint density at radius 2 is 1.96 bits per heavy atom. The molecule has 2 amide bonds. The summed E-state index contributed by atoms with van der Waals surface area (Å²) in [6.07, 6.45) is 2.84. The number of hydrogen-bond acceptors (Lipinski definition) is 2. The van der Waals surface area contributed by atoms with E-state index in [-0.39, 0.29) is 12.1 Å². The average molecular weight is 337 g/mol. The number of carbonyl (C=O) groups is 1. The predicted molar refractivity (Wildman–Crippen MR) is 101 cm³/mol. The Bertz CT molecular complexity index is 840. The standard InChI is InChI=1S/C20H23N3O2/c1-3-13-25-17-9-7-15(8-10-17)14(2)22-20(24)23-18-6-4-5-16-11-12-21-19(16)18/h4-12,14,21H,3,13H2,1-2H3,(H2,22,23,24). The van der Waals surface area contributed by atoms with Crippen LogP contribution in [0.25, 0.3) is 10.9 Å². The van der Waals surface area contributed by atoms with E-state index in [1.165, 1.54) is 0 Å². The quantitative estimate of drug-likeness (QED) is 0.602. The smallest absolute Gasteiger partial charge is 0.319 e. The van der Waals surface area contributed by atoms with Crippen molar-refractivity contribution in [2.45, 2.75) is 26.3 Å². The number of nitrogens with one attached hydrogen (secondary N) is 3. The van der Waals surface area contributed by atoms with Crippen LogP contribution in [0.1, 0.15) is 31.9 Å². The number of amides is 2. The molecule has 0 aliphatic heterocycles. The molecule has 130 valence electrons. The highest BCUT2D eigenvalue weighted by molar-refractivity contribution is 5.99. The summed E-state index contributed by atoms with van der Waals surface area (Å²) in [6, 6.07) is 15.2. The first-order valence-corrected chi connectivity index (χ1v) is 8.53. The van der Waals surface area contributed by atoms with Crippen LogP contribution in [0, 0.1) is 0 Å². The lowest BCUT2D eigenvalue weighted by molar-refractivity contribution is 0.249. The van der Waals surface area contributed by atoms with Gasteiger partial charge in [-0.3, -0.25) is 0 Å². The minimum absolute atomic E-state index is 0.108. The zero-order chi connectivity index (χ0) is 17.6. The van der Waals surface area contributed by atoms with Gasteiger partial charge >= 0.3 is 6.03 Å². The summed E-state index contributed by atoms with van der Waals surface area (Å²) in [6.45, 7) is 4.74. The van der Waals surface area contributed by atoms with E-state index in [2.05, 4.69) is 22.5 Å². The molecular formula is C20H23N3O2. The lowest BCUT2D eigenvalue weighted by Crippen LogP contribution is -2.31. The number of H-pyrrole nitrogens is 1. The topological polar surface area (TPSA) is 66.2 Å². The third-order valence-corrected chi connectivity index (χ3v) is 4.04. The van der Waals surface area contributed by atoms with Crippen molar-refractivity contribution in [3.05, 3.63) is 60.3 Å². The molecule has 5 nitrogen and oxygen atoms in total. The van der Waals surface area contributed by atoms with Gasteiger partial charge in [0.1, 0.15) is 5.75 Å². The zero-order valence-corrected chi connectivity index (χ0v) is 14.5. The molecule has 0 saturated heterocycles. The van der Waals surface area contributed by atoms with Gasteiger partial charge in [0.15, 0.2) is 0 Å². The van der Waals surface area contributed by atoms with Crippen molar-refractivity contribution in [2.75, 3.05) is 11.9 Å². The van der Waals surface area contributed by atoms with Crippen LogP contribution in [0.5, 0.6) is 5.75 Å². The molecule has 2 aromatic carbocycles. The number of anilines is 1. The molecule has 0 spiro atoms. The van der Waals surface area contributed by atoms with Crippen molar-refractivity contribution in [1.82, 2.24) is 10.3 Å². The molecule has 3 N–H and O–H groups in total. The first kappa shape index (κ1) is 16.9. The molecule has 0 bridgehead atoms. The van der Waals surface area contributed by atoms with Crippen molar-refractivity contribution >= 4 is 22.6 Å². The maximum atomic E-state index is 12.3. The Balaban J connectivity index is 1.61. The number of aromatic nitrogens is 1. The number of hydrogen-bond donors (Lipinski definition) is 3. The van der Waals surface area contributed by atoms with Gasteiger partial charge in [0.05, 0.1) is 23.9 Å². The van der Waals surface area contributed by atoms with E-state index in [0.29, 0.717) is 6.61 Å². The molecule has 3 rings (SSSR count). The Hall–Kier alpha value is -2.95. The third kappa shape index (κ3) is 4.12. The van der Waals surface area contributed by atoms with Crippen molar-refractivity contribution in [1.29, 1.82) is 0 Å². The van der Waals surface area contributed by atoms with Crippen molar-refractivity contribution in [2.24, 2.45) is 0 Å². The highest BCUT2D eigenvalue weighted by Crippen LogP contribution is 2.22. The van der Waals surface area contributed by atoms with Crippen molar-refractivity contribution in [3.63, 3.8) is 0 Å². The molecule has 1 heterocycles. The molecule has 5 heteroatoms. The second-order valence-electron chi connectivity index (χ2n) is 5.99. The van der Waals surface area contributed by atoms with Gasteiger partial charge in [-0.25, -0.2) is 4.79 Å². The molecule has 25 heavy (non-hydrogen) atoms.